The zero-order chi connectivity index (χ0) is 14.3. The van der Waals surface area contributed by atoms with Crippen molar-refractivity contribution in [1.29, 1.82) is 0 Å². The molecular weight excluding hydrogens is 246 g/mol. The molecule has 1 rings (SSSR count). The maximum atomic E-state index is 11.4. The van der Waals surface area contributed by atoms with Crippen LogP contribution in [0.2, 0.25) is 0 Å². The molecule has 0 aromatic rings. The van der Waals surface area contributed by atoms with Crippen molar-refractivity contribution in [3.63, 3.8) is 0 Å². The van der Waals surface area contributed by atoms with E-state index in [0.717, 1.165) is 19.4 Å². The molecule has 0 aliphatic carbocycles. The summed E-state index contributed by atoms with van der Waals surface area (Å²) in [4.78, 5) is 22.3. The number of amides is 2. The van der Waals surface area contributed by atoms with Gasteiger partial charge in [-0.3, -0.25) is 4.79 Å². The summed E-state index contributed by atoms with van der Waals surface area (Å²) >= 11 is 0. The summed E-state index contributed by atoms with van der Waals surface area (Å²) < 4.78 is 5.13. The predicted octanol–water partition coefficient (Wildman–Crippen LogP) is 0.769. The second kappa shape index (κ2) is 7.33. The van der Waals surface area contributed by atoms with Crippen molar-refractivity contribution < 1.29 is 14.3 Å². The Morgan fingerprint density at radius 3 is 2.74 bits per heavy atom. The van der Waals surface area contributed by atoms with Crippen molar-refractivity contribution in [3.8, 4) is 0 Å². The summed E-state index contributed by atoms with van der Waals surface area (Å²) in [6.07, 6.45) is 1.93. The predicted molar refractivity (Wildman–Crippen MR) is 72.9 cm³/mol. The third-order valence-corrected chi connectivity index (χ3v) is 2.72. The lowest BCUT2D eigenvalue weighted by atomic mass is 10.1. The van der Waals surface area contributed by atoms with Gasteiger partial charge in [0.05, 0.1) is 0 Å². The fraction of sp³-hybridized carbons (Fsp3) is 0.846. The molecule has 0 bridgehead atoms. The van der Waals surface area contributed by atoms with Gasteiger partial charge >= 0.3 is 6.09 Å². The number of alkyl carbamates (subject to hydrolysis) is 1. The highest BCUT2D eigenvalue weighted by Gasteiger charge is 2.17. The lowest BCUT2D eigenvalue weighted by Gasteiger charge is -2.23. The first-order chi connectivity index (χ1) is 8.87. The van der Waals surface area contributed by atoms with E-state index in [9.17, 15) is 9.59 Å². The molecule has 0 spiro atoms. The summed E-state index contributed by atoms with van der Waals surface area (Å²) in [5, 5.41) is 8.90. The molecule has 2 amide bonds. The number of rotatable bonds is 5. The normalized spacial score (nSPS) is 19.7. The molecule has 1 aliphatic heterocycles. The minimum absolute atomic E-state index is 0.129. The molecular formula is C13H25N3O3. The number of hydrogen-bond acceptors (Lipinski definition) is 4. The minimum Gasteiger partial charge on any atom is -0.444 e. The van der Waals surface area contributed by atoms with E-state index in [-0.39, 0.29) is 12.0 Å². The first-order valence-electron chi connectivity index (χ1n) is 6.84. The Labute approximate surface area is 114 Å². The highest BCUT2D eigenvalue weighted by atomic mass is 16.6. The van der Waals surface area contributed by atoms with Crippen LogP contribution in [0.15, 0.2) is 0 Å². The number of nitrogens with one attached hydrogen (secondary N) is 3. The summed E-state index contributed by atoms with van der Waals surface area (Å²) in [6.45, 7) is 7.61. The largest absolute Gasteiger partial charge is 0.444 e. The Kier molecular flexibility index (Phi) is 6.08. The van der Waals surface area contributed by atoms with Crippen molar-refractivity contribution in [2.75, 3.05) is 19.6 Å². The molecule has 1 atom stereocenters. The van der Waals surface area contributed by atoms with Crippen molar-refractivity contribution in [3.05, 3.63) is 0 Å². The van der Waals surface area contributed by atoms with E-state index in [1.165, 1.54) is 0 Å². The van der Waals surface area contributed by atoms with Gasteiger partial charge in [-0.15, -0.1) is 0 Å². The van der Waals surface area contributed by atoms with E-state index in [1.807, 2.05) is 20.8 Å². The average Bonchev–Trinajstić information content (AvgIpc) is 2.29. The van der Waals surface area contributed by atoms with E-state index in [0.29, 0.717) is 25.6 Å². The van der Waals surface area contributed by atoms with Gasteiger partial charge in [-0.05, 0) is 40.2 Å². The number of hydrogen-bond donors (Lipinski definition) is 3. The zero-order valence-corrected chi connectivity index (χ0v) is 12.0. The first kappa shape index (κ1) is 15.8. The second-order valence-corrected chi connectivity index (χ2v) is 5.78. The molecule has 1 aliphatic rings. The molecule has 0 aromatic heterocycles. The van der Waals surface area contributed by atoms with Gasteiger partial charge in [0.2, 0.25) is 5.91 Å². The molecule has 1 unspecified atom stereocenters. The third kappa shape index (κ3) is 7.66. The maximum Gasteiger partial charge on any atom is 0.407 e. The fourth-order valence-electron chi connectivity index (χ4n) is 1.81. The van der Waals surface area contributed by atoms with Crippen LogP contribution in [0.4, 0.5) is 4.79 Å². The van der Waals surface area contributed by atoms with Crippen molar-refractivity contribution >= 4 is 12.0 Å². The van der Waals surface area contributed by atoms with Gasteiger partial charge in [-0.25, -0.2) is 4.79 Å². The fourth-order valence-corrected chi connectivity index (χ4v) is 1.81. The molecule has 19 heavy (non-hydrogen) atoms. The topological polar surface area (TPSA) is 79.5 Å². The Hall–Kier alpha value is -1.30. The van der Waals surface area contributed by atoms with Gasteiger partial charge in [0.15, 0.2) is 0 Å². The van der Waals surface area contributed by atoms with E-state index >= 15 is 0 Å². The molecule has 1 heterocycles. The van der Waals surface area contributed by atoms with Crippen molar-refractivity contribution in [2.24, 2.45) is 0 Å². The van der Waals surface area contributed by atoms with Crippen LogP contribution in [0, 0.1) is 0 Å². The summed E-state index contributed by atoms with van der Waals surface area (Å²) in [5.41, 5.74) is -0.456. The Bertz CT molecular complexity index is 303. The zero-order valence-electron chi connectivity index (χ0n) is 12.0. The van der Waals surface area contributed by atoms with Crippen LogP contribution in [0.3, 0.4) is 0 Å². The van der Waals surface area contributed by atoms with Crippen LogP contribution in [0.5, 0.6) is 0 Å². The van der Waals surface area contributed by atoms with E-state index in [4.69, 9.17) is 4.74 Å². The molecule has 1 saturated heterocycles. The SMILES string of the molecule is CC(C)(C)OC(=O)NCCCNC1CCC(=O)NC1. The highest BCUT2D eigenvalue weighted by molar-refractivity contribution is 5.76. The second-order valence-electron chi connectivity index (χ2n) is 5.78. The first-order valence-corrected chi connectivity index (χ1v) is 6.84. The number of piperidine rings is 1. The molecule has 0 radical (unpaired) electrons. The van der Waals surface area contributed by atoms with Crippen LogP contribution in [0.25, 0.3) is 0 Å². The van der Waals surface area contributed by atoms with Crippen LogP contribution in [-0.4, -0.2) is 43.3 Å². The summed E-state index contributed by atoms with van der Waals surface area (Å²) in [7, 11) is 0. The van der Waals surface area contributed by atoms with Crippen LogP contribution in [-0.2, 0) is 9.53 Å². The molecule has 0 aromatic carbocycles. The Morgan fingerprint density at radius 1 is 1.42 bits per heavy atom. The van der Waals surface area contributed by atoms with Crippen molar-refractivity contribution in [2.45, 2.75) is 51.7 Å². The molecule has 6 nitrogen and oxygen atoms in total. The average molecular weight is 271 g/mol. The van der Waals surface area contributed by atoms with E-state index < -0.39 is 5.60 Å². The smallest absolute Gasteiger partial charge is 0.407 e. The summed E-state index contributed by atoms with van der Waals surface area (Å²) in [6, 6.07) is 0.347. The monoisotopic (exact) mass is 271 g/mol. The number of carbonyl (C=O) groups excluding carboxylic acids is 2. The van der Waals surface area contributed by atoms with Crippen LogP contribution in [0.1, 0.15) is 40.0 Å². The third-order valence-electron chi connectivity index (χ3n) is 2.72. The molecule has 0 saturated carbocycles. The van der Waals surface area contributed by atoms with Gasteiger partial charge in [0.25, 0.3) is 0 Å². The van der Waals surface area contributed by atoms with Crippen LogP contribution >= 0.6 is 0 Å². The van der Waals surface area contributed by atoms with E-state index in [2.05, 4.69) is 16.0 Å². The van der Waals surface area contributed by atoms with Gasteiger partial charge in [-0.2, -0.15) is 0 Å². The van der Waals surface area contributed by atoms with Gasteiger partial charge in [0, 0.05) is 25.6 Å². The highest BCUT2D eigenvalue weighted by Crippen LogP contribution is 2.06. The standard InChI is InChI=1S/C13H25N3O3/c1-13(2,3)19-12(18)15-8-4-7-14-10-5-6-11(17)16-9-10/h10,14H,4-9H2,1-3H3,(H,15,18)(H,16,17). The summed E-state index contributed by atoms with van der Waals surface area (Å²) in [5.74, 6) is 0.129. The molecule has 1 fully saturated rings. The number of ether oxygens (including phenoxy) is 1. The number of carbonyl (C=O) groups is 2. The maximum absolute atomic E-state index is 11.4. The van der Waals surface area contributed by atoms with Gasteiger partial charge in [0.1, 0.15) is 5.60 Å². The van der Waals surface area contributed by atoms with Gasteiger partial charge in [-0.1, -0.05) is 0 Å². The molecule has 110 valence electrons. The Morgan fingerprint density at radius 2 is 2.16 bits per heavy atom. The molecule has 6 heteroatoms. The Balaban J connectivity index is 1.99. The molecule has 3 N–H and O–H groups in total. The quantitative estimate of drug-likeness (QED) is 0.645. The lowest BCUT2D eigenvalue weighted by molar-refractivity contribution is -0.122. The lowest BCUT2D eigenvalue weighted by Crippen LogP contribution is -2.46. The van der Waals surface area contributed by atoms with Crippen LogP contribution < -0.4 is 16.0 Å². The van der Waals surface area contributed by atoms with Crippen molar-refractivity contribution in [1.82, 2.24) is 16.0 Å². The van der Waals surface area contributed by atoms with Gasteiger partial charge < -0.3 is 20.7 Å². The van der Waals surface area contributed by atoms with E-state index in [1.54, 1.807) is 0 Å². The minimum atomic E-state index is -0.456.